The average Bonchev–Trinajstić information content (AvgIpc) is 2.53. The van der Waals surface area contributed by atoms with Gasteiger partial charge in [0.05, 0.1) is 6.20 Å². The van der Waals surface area contributed by atoms with Crippen LogP contribution in [0.2, 0.25) is 0 Å². The van der Waals surface area contributed by atoms with Crippen LogP contribution in [0.1, 0.15) is 5.56 Å². The van der Waals surface area contributed by atoms with Crippen LogP contribution in [0.25, 0.3) is 5.95 Å². The molecule has 0 radical (unpaired) electrons. The summed E-state index contributed by atoms with van der Waals surface area (Å²) in [5.41, 5.74) is 6.25. The Balaban J connectivity index is 2.41. The number of anilines is 1. The van der Waals surface area contributed by atoms with Crippen molar-refractivity contribution < 1.29 is 0 Å². The summed E-state index contributed by atoms with van der Waals surface area (Å²) < 4.78 is 1.48. The maximum atomic E-state index is 5.23. The van der Waals surface area contributed by atoms with Crippen LogP contribution in [0.4, 0.5) is 5.95 Å². The highest BCUT2D eigenvalue weighted by Crippen LogP contribution is 1.99. The van der Waals surface area contributed by atoms with Gasteiger partial charge in [0.25, 0.3) is 11.9 Å². The molecule has 2 aromatic rings. The predicted molar refractivity (Wildman–Crippen MR) is 43.9 cm³/mol. The number of nitrogens with two attached hydrogens (primary N) is 1. The van der Waals surface area contributed by atoms with Crippen LogP contribution in [-0.4, -0.2) is 30.2 Å². The van der Waals surface area contributed by atoms with Crippen molar-refractivity contribution in [3.8, 4) is 5.95 Å². The van der Waals surface area contributed by atoms with E-state index in [1.807, 2.05) is 6.92 Å². The van der Waals surface area contributed by atoms with E-state index < -0.39 is 0 Å². The van der Waals surface area contributed by atoms with Gasteiger partial charge in [0, 0.05) is 6.20 Å². The molecule has 2 N–H and O–H groups in total. The Hall–Kier alpha value is -2.05. The molecule has 0 aliphatic carbocycles. The number of rotatable bonds is 1. The monoisotopic (exact) mass is 177 g/mol. The predicted octanol–water partition coefficient (Wildman–Crippen LogP) is -0.657. The largest absolute Gasteiger partial charge is 0.365 e. The van der Waals surface area contributed by atoms with E-state index in [1.165, 1.54) is 4.68 Å². The number of nitrogens with zero attached hydrogens (tertiary/aromatic N) is 6. The molecular weight excluding hydrogens is 170 g/mol. The molecule has 2 heterocycles. The van der Waals surface area contributed by atoms with Gasteiger partial charge in [0.1, 0.15) is 0 Å². The molecule has 66 valence electrons. The minimum Gasteiger partial charge on any atom is -0.365 e. The Kier molecular flexibility index (Phi) is 1.62. The maximum absolute atomic E-state index is 5.23. The summed E-state index contributed by atoms with van der Waals surface area (Å²) in [7, 11) is 0. The Morgan fingerprint density at radius 2 is 1.92 bits per heavy atom. The lowest BCUT2D eigenvalue weighted by atomic mass is 10.4. The van der Waals surface area contributed by atoms with Crippen molar-refractivity contribution in [2.24, 2.45) is 0 Å². The summed E-state index contributed by atoms with van der Waals surface area (Å²) in [4.78, 5) is 0. The average molecular weight is 177 g/mol. The van der Waals surface area contributed by atoms with E-state index in [2.05, 4.69) is 25.5 Å². The molecule has 0 unspecified atom stereocenters. The molecule has 7 nitrogen and oxygen atoms in total. The van der Waals surface area contributed by atoms with E-state index >= 15 is 0 Å². The quantitative estimate of drug-likeness (QED) is 0.621. The zero-order valence-electron chi connectivity index (χ0n) is 6.92. The van der Waals surface area contributed by atoms with Crippen molar-refractivity contribution in [3.63, 3.8) is 0 Å². The molecule has 0 spiro atoms. The van der Waals surface area contributed by atoms with E-state index in [0.29, 0.717) is 5.95 Å². The van der Waals surface area contributed by atoms with Gasteiger partial charge in [-0.25, -0.2) is 4.68 Å². The van der Waals surface area contributed by atoms with E-state index in [0.717, 1.165) is 5.56 Å². The molecule has 0 aromatic carbocycles. The Labute approximate surface area is 73.6 Å². The number of nitrogen functional groups attached to an aromatic ring is 1. The minimum atomic E-state index is 0.0487. The number of aryl methyl sites for hydroxylation is 1. The fourth-order valence-corrected chi connectivity index (χ4v) is 0.846. The third kappa shape index (κ3) is 1.43. The van der Waals surface area contributed by atoms with Gasteiger partial charge in [-0.05, 0) is 12.5 Å². The minimum absolute atomic E-state index is 0.0487. The summed E-state index contributed by atoms with van der Waals surface area (Å²) in [6.45, 7) is 1.92. The van der Waals surface area contributed by atoms with E-state index in [1.54, 1.807) is 12.4 Å². The topological polar surface area (TPSA) is 95.4 Å². The molecule has 0 saturated heterocycles. The Morgan fingerprint density at radius 3 is 2.46 bits per heavy atom. The zero-order valence-corrected chi connectivity index (χ0v) is 6.92. The highest BCUT2D eigenvalue weighted by atomic mass is 15.4. The summed E-state index contributed by atoms with van der Waals surface area (Å²) in [6, 6.07) is 0. The van der Waals surface area contributed by atoms with Crippen molar-refractivity contribution in [2.75, 3.05) is 5.73 Å². The van der Waals surface area contributed by atoms with Gasteiger partial charge in [-0.2, -0.15) is 5.10 Å². The highest BCUT2D eigenvalue weighted by molar-refractivity contribution is 5.13. The van der Waals surface area contributed by atoms with Crippen molar-refractivity contribution in [2.45, 2.75) is 6.92 Å². The molecule has 0 atom stereocenters. The highest BCUT2D eigenvalue weighted by Gasteiger charge is 2.01. The van der Waals surface area contributed by atoms with Crippen LogP contribution in [0.3, 0.4) is 0 Å². The van der Waals surface area contributed by atoms with Crippen molar-refractivity contribution in [1.29, 1.82) is 0 Å². The fourth-order valence-electron chi connectivity index (χ4n) is 0.846. The van der Waals surface area contributed by atoms with Gasteiger partial charge in [-0.1, -0.05) is 0 Å². The van der Waals surface area contributed by atoms with Gasteiger partial charge >= 0.3 is 0 Å². The first-order chi connectivity index (χ1) is 6.25. The molecule has 0 bridgehead atoms. The van der Waals surface area contributed by atoms with Crippen LogP contribution in [0, 0.1) is 6.92 Å². The van der Waals surface area contributed by atoms with E-state index in [9.17, 15) is 0 Å². The van der Waals surface area contributed by atoms with Crippen LogP contribution in [0.15, 0.2) is 12.4 Å². The molecular formula is C6H7N7. The number of hydrogen-bond acceptors (Lipinski definition) is 6. The van der Waals surface area contributed by atoms with Gasteiger partial charge in [0.15, 0.2) is 0 Å². The van der Waals surface area contributed by atoms with E-state index in [-0.39, 0.29) is 5.95 Å². The van der Waals surface area contributed by atoms with Crippen molar-refractivity contribution in [1.82, 2.24) is 30.2 Å². The molecule has 0 aliphatic rings. The smallest absolute Gasteiger partial charge is 0.289 e. The molecule has 2 rings (SSSR count). The third-order valence-electron chi connectivity index (χ3n) is 1.40. The van der Waals surface area contributed by atoms with Crippen LogP contribution < -0.4 is 5.73 Å². The SMILES string of the molecule is Cc1cnn(-c2nnc(N)nn2)c1. The van der Waals surface area contributed by atoms with Gasteiger partial charge in [-0.3, -0.25) is 0 Å². The summed E-state index contributed by atoms with van der Waals surface area (Å²) in [5, 5.41) is 18.5. The van der Waals surface area contributed by atoms with Crippen LogP contribution in [-0.2, 0) is 0 Å². The van der Waals surface area contributed by atoms with E-state index in [4.69, 9.17) is 5.73 Å². The number of aromatic nitrogens is 6. The first-order valence-electron chi connectivity index (χ1n) is 3.60. The van der Waals surface area contributed by atoms with Gasteiger partial charge in [0.2, 0.25) is 0 Å². The second-order valence-corrected chi connectivity index (χ2v) is 2.52. The van der Waals surface area contributed by atoms with Gasteiger partial charge in [-0.15, -0.1) is 20.4 Å². The number of hydrogen-bond donors (Lipinski definition) is 1. The molecule has 0 amide bonds. The second-order valence-electron chi connectivity index (χ2n) is 2.52. The standard InChI is InChI=1S/C6H7N7/c1-4-2-8-13(3-4)6-11-9-5(7)10-12-6/h2-3H,1H3,(H2,7,9,10). The lowest BCUT2D eigenvalue weighted by molar-refractivity contribution is 0.734. The molecule has 13 heavy (non-hydrogen) atoms. The lowest BCUT2D eigenvalue weighted by Gasteiger charge is -1.95. The Bertz CT molecular complexity index is 403. The van der Waals surface area contributed by atoms with Crippen molar-refractivity contribution >= 4 is 5.95 Å². The molecule has 0 saturated carbocycles. The second kappa shape index (κ2) is 2.77. The maximum Gasteiger partial charge on any atom is 0.289 e. The zero-order chi connectivity index (χ0) is 9.26. The molecule has 0 fully saturated rings. The normalized spacial score (nSPS) is 10.2. The first-order valence-corrected chi connectivity index (χ1v) is 3.60. The van der Waals surface area contributed by atoms with Crippen molar-refractivity contribution in [3.05, 3.63) is 18.0 Å². The van der Waals surface area contributed by atoms with Crippen LogP contribution >= 0.6 is 0 Å². The van der Waals surface area contributed by atoms with Crippen LogP contribution in [0.5, 0.6) is 0 Å². The molecule has 0 aliphatic heterocycles. The Morgan fingerprint density at radius 1 is 1.23 bits per heavy atom. The summed E-state index contributed by atoms with van der Waals surface area (Å²) in [5.74, 6) is 0.356. The first kappa shape index (κ1) is 7.59. The molecule has 7 heteroatoms. The lowest BCUT2D eigenvalue weighted by Crippen LogP contribution is -2.07. The summed E-state index contributed by atoms with van der Waals surface area (Å²) >= 11 is 0. The fraction of sp³-hybridized carbons (Fsp3) is 0.167. The molecule has 2 aromatic heterocycles. The van der Waals surface area contributed by atoms with Gasteiger partial charge < -0.3 is 5.73 Å². The summed E-state index contributed by atoms with van der Waals surface area (Å²) in [6.07, 6.45) is 3.47. The third-order valence-corrected chi connectivity index (χ3v) is 1.40.